The molecule has 120 valence electrons. The molecule has 2 aromatic carbocycles. The maximum Gasteiger partial charge on any atom is 0.293 e. The Hall–Kier alpha value is -2.59. The van der Waals surface area contributed by atoms with Crippen LogP contribution in [-0.2, 0) is 11.2 Å². The van der Waals surface area contributed by atoms with Gasteiger partial charge < -0.3 is 0 Å². The number of thioether (sulfide) groups is 1. The molecule has 0 atom stereocenters. The topological polar surface area (TPSA) is 37.4 Å². The van der Waals surface area contributed by atoms with E-state index >= 15 is 0 Å². The minimum atomic E-state index is -0.210. The maximum atomic E-state index is 12.4. The molecule has 0 unspecified atom stereocenters. The van der Waals surface area contributed by atoms with Crippen molar-refractivity contribution in [1.29, 1.82) is 0 Å². The first kappa shape index (κ1) is 16.3. The molecule has 0 aromatic heterocycles. The molecule has 0 bridgehead atoms. The fourth-order valence-corrected chi connectivity index (χ4v) is 3.22. The second kappa shape index (κ2) is 7.79. The van der Waals surface area contributed by atoms with E-state index in [4.69, 9.17) is 0 Å². The number of imide groups is 1. The lowest BCUT2D eigenvalue weighted by molar-refractivity contribution is -0.122. The molecular weight excluding hydrogens is 318 g/mol. The zero-order valence-electron chi connectivity index (χ0n) is 13.1. The van der Waals surface area contributed by atoms with Gasteiger partial charge >= 0.3 is 0 Å². The van der Waals surface area contributed by atoms with Gasteiger partial charge in [0.25, 0.3) is 11.1 Å². The third kappa shape index (κ3) is 4.03. The first-order valence-corrected chi connectivity index (χ1v) is 8.57. The highest BCUT2D eigenvalue weighted by atomic mass is 32.2. The fraction of sp³-hybridized carbons (Fsp3) is 0.100. The van der Waals surface area contributed by atoms with Gasteiger partial charge in [-0.2, -0.15) is 0 Å². The molecule has 0 N–H and O–H groups in total. The van der Waals surface area contributed by atoms with E-state index in [2.05, 4.69) is 0 Å². The highest BCUT2D eigenvalue weighted by Crippen LogP contribution is 2.30. The number of carbonyl (C=O) groups excluding carboxylic acids is 2. The van der Waals surface area contributed by atoms with E-state index in [1.54, 1.807) is 6.08 Å². The van der Waals surface area contributed by atoms with Crippen molar-refractivity contribution < 1.29 is 9.59 Å². The second-order valence-electron chi connectivity index (χ2n) is 5.36. The molecule has 1 heterocycles. The van der Waals surface area contributed by atoms with E-state index in [0.717, 1.165) is 22.9 Å². The molecule has 0 aliphatic carbocycles. The van der Waals surface area contributed by atoms with Crippen LogP contribution in [0.25, 0.3) is 6.08 Å². The van der Waals surface area contributed by atoms with Crippen LogP contribution in [0, 0.1) is 0 Å². The van der Waals surface area contributed by atoms with E-state index in [0.29, 0.717) is 17.9 Å². The number of amides is 2. The lowest BCUT2D eigenvalue weighted by Gasteiger charge is -2.11. The summed E-state index contributed by atoms with van der Waals surface area (Å²) in [4.78, 5) is 26.2. The van der Waals surface area contributed by atoms with E-state index in [-0.39, 0.29) is 11.1 Å². The standard InChI is InChI=1S/C20H17NO2S/c22-19-18(13-7-12-16-8-3-1-4-9-16)24-20(23)21(19)15-14-17-10-5-2-6-11-17/h1-13H,14-15H2/b12-7+,18-13-. The van der Waals surface area contributed by atoms with Crippen LogP contribution in [0.1, 0.15) is 11.1 Å². The summed E-state index contributed by atoms with van der Waals surface area (Å²) in [6.07, 6.45) is 6.11. The minimum Gasteiger partial charge on any atom is -0.268 e. The van der Waals surface area contributed by atoms with Gasteiger partial charge in [0.1, 0.15) is 0 Å². The lowest BCUT2D eigenvalue weighted by atomic mass is 10.1. The Bertz CT molecular complexity index is 782. The van der Waals surface area contributed by atoms with Gasteiger partial charge in [0.05, 0.1) is 4.91 Å². The van der Waals surface area contributed by atoms with Crippen molar-refractivity contribution in [3.63, 3.8) is 0 Å². The summed E-state index contributed by atoms with van der Waals surface area (Å²) in [6.45, 7) is 0.411. The van der Waals surface area contributed by atoms with Crippen molar-refractivity contribution in [3.8, 4) is 0 Å². The molecule has 1 fully saturated rings. The van der Waals surface area contributed by atoms with Crippen LogP contribution in [0.3, 0.4) is 0 Å². The van der Waals surface area contributed by atoms with Gasteiger partial charge in [-0.15, -0.1) is 0 Å². The number of nitrogens with zero attached hydrogens (tertiary/aromatic N) is 1. The highest BCUT2D eigenvalue weighted by molar-refractivity contribution is 8.18. The van der Waals surface area contributed by atoms with Crippen molar-refractivity contribution in [2.24, 2.45) is 0 Å². The summed E-state index contributed by atoms with van der Waals surface area (Å²) in [5, 5.41) is -0.199. The van der Waals surface area contributed by atoms with Gasteiger partial charge in [0.15, 0.2) is 0 Å². The van der Waals surface area contributed by atoms with Crippen molar-refractivity contribution >= 4 is 29.0 Å². The van der Waals surface area contributed by atoms with Crippen LogP contribution < -0.4 is 0 Å². The van der Waals surface area contributed by atoms with Crippen LogP contribution in [0.4, 0.5) is 4.79 Å². The number of carbonyl (C=O) groups is 2. The van der Waals surface area contributed by atoms with Crippen molar-refractivity contribution in [1.82, 2.24) is 4.90 Å². The molecule has 1 aliphatic rings. The molecule has 2 aromatic rings. The monoisotopic (exact) mass is 335 g/mol. The molecule has 0 radical (unpaired) electrons. The minimum absolute atomic E-state index is 0.199. The summed E-state index contributed by atoms with van der Waals surface area (Å²) in [7, 11) is 0. The number of allylic oxidation sites excluding steroid dienone is 2. The Labute approximate surface area is 145 Å². The average molecular weight is 335 g/mol. The quantitative estimate of drug-likeness (QED) is 0.754. The maximum absolute atomic E-state index is 12.4. The summed E-state index contributed by atoms with van der Waals surface area (Å²) in [5.41, 5.74) is 2.17. The Morgan fingerprint density at radius 2 is 1.58 bits per heavy atom. The molecule has 24 heavy (non-hydrogen) atoms. The predicted octanol–water partition coefficient (Wildman–Crippen LogP) is 4.52. The van der Waals surface area contributed by atoms with Gasteiger partial charge in [-0.3, -0.25) is 14.5 Å². The van der Waals surface area contributed by atoms with Crippen LogP contribution in [-0.4, -0.2) is 22.6 Å². The average Bonchev–Trinajstić information content (AvgIpc) is 2.89. The highest BCUT2D eigenvalue weighted by Gasteiger charge is 2.34. The SMILES string of the molecule is O=C1S/C(=C\C=C\c2ccccc2)C(=O)N1CCc1ccccc1. The molecule has 3 rings (SSSR count). The van der Waals surface area contributed by atoms with Gasteiger partial charge in [0, 0.05) is 6.54 Å². The number of hydrogen-bond donors (Lipinski definition) is 0. The number of benzene rings is 2. The first-order chi connectivity index (χ1) is 11.7. The normalized spacial score (nSPS) is 16.5. The van der Waals surface area contributed by atoms with Crippen molar-refractivity contribution in [2.75, 3.05) is 6.54 Å². The Morgan fingerprint density at radius 1 is 0.917 bits per heavy atom. The summed E-state index contributed by atoms with van der Waals surface area (Å²) in [6, 6.07) is 19.7. The molecule has 0 saturated carbocycles. The predicted molar refractivity (Wildman–Crippen MR) is 98.4 cm³/mol. The molecule has 1 saturated heterocycles. The molecule has 1 aliphatic heterocycles. The second-order valence-corrected chi connectivity index (χ2v) is 6.35. The van der Waals surface area contributed by atoms with Gasteiger partial charge in [0.2, 0.25) is 0 Å². The first-order valence-electron chi connectivity index (χ1n) is 7.75. The largest absolute Gasteiger partial charge is 0.293 e. The molecule has 4 heteroatoms. The summed E-state index contributed by atoms with van der Waals surface area (Å²) < 4.78 is 0. The number of hydrogen-bond acceptors (Lipinski definition) is 3. The van der Waals surface area contributed by atoms with E-state index < -0.39 is 0 Å². The molecule has 3 nitrogen and oxygen atoms in total. The number of rotatable bonds is 5. The van der Waals surface area contributed by atoms with Crippen LogP contribution >= 0.6 is 11.8 Å². The summed E-state index contributed by atoms with van der Waals surface area (Å²) >= 11 is 0.999. The molecule has 2 amide bonds. The Balaban J connectivity index is 1.63. The van der Waals surface area contributed by atoms with E-state index in [1.165, 1.54) is 4.90 Å². The third-order valence-corrected chi connectivity index (χ3v) is 4.60. The van der Waals surface area contributed by atoms with Gasteiger partial charge in [-0.05, 0) is 35.4 Å². The van der Waals surface area contributed by atoms with Crippen LogP contribution in [0.5, 0.6) is 0 Å². The van der Waals surface area contributed by atoms with Crippen LogP contribution in [0.2, 0.25) is 0 Å². The van der Waals surface area contributed by atoms with Crippen molar-refractivity contribution in [3.05, 3.63) is 88.8 Å². The van der Waals surface area contributed by atoms with Gasteiger partial charge in [-0.25, -0.2) is 0 Å². The smallest absolute Gasteiger partial charge is 0.268 e. The lowest BCUT2D eigenvalue weighted by Crippen LogP contribution is -2.30. The van der Waals surface area contributed by atoms with E-state index in [1.807, 2.05) is 72.8 Å². The fourth-order valence-electron chi connectivity index (χ4n) is 2.40. The molecular formula is C20H17NO2S. The molecule has 0 spiro atoms. The summed E-state index contributed by atoms with van der Waals surface area (Å²) in [5.74, 6) is -0.210. The van der Waals surface area contributed by atoms with Crippen molar-refractivity contribution in [2.45, 2.75) is 6.42 Å². The Morgan fingerprint density at radius 3 is 2.29 bits per heavy atom. The third-order valence-electron chi connectivity index (χ3n) is 3.68. The van der Waals surface area contributed by atoms with Gasteiger partial charge in [-0.1, -0.05) is 72.8 Å². The van der Waals surface area contributed by atoms with Crippen LogP contribution in [0.15, 0.2) is 77.7 Å². The zero-order chi connectivity index (χ0) is 16.8. The zero-order valence-corrected chi connectivity index (χ0v) is 13.9. The Kier molecular flexibility index (Phi) is 5.29. The van der Waals surface area contributed by atoms with E-state index in [9.17, 15) is 9.59 Å².